The summed E-state index contributed by atoms with van der Waals surface area (Å²) in [6, 6.07) is 9.59. The SMILES string of the molecule is CCCOC(=O)C(CC)SCc1cccc(C#N)c1. The normalized spacial score (nSPS) is 11.6. The largest absolute Gasteiger partial charge is 0.465 e. The zero-order valence-corrected chi connectivity index (χ0v) is 12.2. The van der Waals surface area contributed by atoms with Crippen LogP contribution in [0.25, 0.3) is 0 Å². The molecule has 1 aromatic carbocycles. The Morgan fingerprint density at radius 2 is 2.26 bits per heavy atom. The molecule has 0 fully saturated rings. The van der Waals surface area contributed by atoms with Gasteiger partial charge in [-0.1, -0.05) is 26.0 Å². The third kappa shape index (κ3) is 5.35. The van der Waals surface area contributed by atoms with Gasteiger partial charge >= 0.3 is 5.97 Å². The zero-order chi connectivity index (χ0) is 14.1. The number of esters is 1. The summed E-state index contributed by atoms with van der Waals surface area (Å²) in [6.45, 7) is 4.45. The number of ether oxygens (including phenoxy) is 1. The molecule has 0 aliphatic carbocycles. The summed E-state index contributed by atoms with van der Waals surface area (Å²) in [5.74, 6) is 0.584. The van der Waals surface area contributed by atoms with Crippen LogP contribution in [-0.2, 0) is 15.3 Å². The highest BCUT2D eigenvalue weighted by molar-refractivity contribution is 7.99. The van der Waals surface area contributed by atoms with Crippen molar-refractivity contribution in [3.8, 4) is 6.07 Å². The molecular weight excluding hydrogens is 258 g/mol. The fourth-order valence-corrected chi connectivity index (χ4v) is 2.59. The van der Waals surface area contributed by atoms with Crippen molar-refractivity contribution in [2.45, 2.75) is 37.7 Å². The van der Waals surface area contributed by atoms with Crippen LogP contribution in [0.3, 0.4) is 0 Å². The average molecular weight is 277 g/mol. The number of benzene rings is 1. The van der Waals surface area contributed by atoms with Crippen LogP contribution < -0.4 is 0 Å². The first-order chi connectivity index (χ1) is 9.21. The molecule has 1 unspecified atom stereocenters. The Bertz CT molecular complexity index is 454. The van der Waals surface area contributed by atoms with Crippen LogP contribution in [-0.4, -0.2) is 17.8 Å². The van der Waals surface area contributed by atoms with Gasteiger partial charge in [-0.15, -0.1) is 11.8 Å². The molecule has 0 bridgehead atoms. The molecule has 19 heavy (non-hydrogen) atoms. The minimum absolute atomic E-state index is 0.128. The van der Waals surface area contributed by atoms with Crippen LogP contribution in [0.2, 0.25) is 0 Å². The molecule has 0 saturated carbocycles. The molecule has 0 heterocycles. The summed E-state index contributed by atoms with van der Waals surface area (Å²) in [4.78, 5) is 11.8. The molecule has 0 amide bonds. The van der Waals surface area contributed by atoms with Gasteiger partial charge in [-0.05, 0) is 30.5 Å². The number of carbonyl (C=O) groups excluding carboxylic acids is 1. The van der Waals surface area contributed by atoms with Gasteiger partial charge in [0.1, 0.15) is 5.25 Å². The number of nitrogens with zero attached hydrogens (tertiary/aromatic N) is 1. The van der Waals surface area contributed by atoms with Crippen LogP contribution >= 0.6 is 11.8 Å². The van der Waals surface area contributed by atoms with Gasteiger partial charge in [-0.3, -0.25) is 4.79 Å². The molecule has 0 spiro atoms. The van der Waals surface area contributed by atoms with Gasteiger partial charge in [0.05, 0.1) is 18.2 Å². The van der Waals surface area contributed by atoms with Gasteiger partial charge in [0.2, 0.25) is 0 Å². The highest BCUT2D eigenvalue weighted by Crippen LogP contribution is 2.22. The maximum atomic E-state index is 11.8. The fourth-order valence-electron chi connectivity index (χ4n) is 1.58. The van der Waals surface area contributed by atoms with E-state index in [4.69, 9.17) is 10.00 Å². The summed E-state index contributed by atoms with van der Waals surface area (Å²) in [5.41, 5.74) is 1.71. The van der Waals surface area contributed by atoms with Gasteiger partial charge in [0.25, 0.3) is 0 Å². The van der Waals surface area contributed by atoms with Crippen LogP contribution in [0.1, 0.15) is 37.8 Å². The minimum atomic E-state index is -0.134. The Labute approximate surface area is 119 Å². The van der Waals surface area contributed by atoms with Crippen molar-refractivity contribution >= 4 is 17.7 Å². The monoisotopic (exact) mass is 277 g/mol. The van der Waals surface area contributed by atoms with E-state index in [0.29, 0.717) is 12.2 Å². The molecular formula is C15H19NO2S. The predicted molar refractivity (Wildman–Crippen MR) is 77.8 cm³/mol. The van der Waals surface area contributed by atoms with Crippen LogP contribution in [0, 0.1) is 11.3 Å². The quantitative estimate of drug-likeness (QED) is 0.715. The molecule has 102 valence electrons. The summed E-state index contributed by atoms with van der Waals surface area (Å²) >= 11 is 1.57. The highest BCUT2D eigenvalue weighted by Gasteiger charge is 2.18. The first kappa shape index (κ1) is 15.6. The summed E-state index contributed by atoms with van der Waals surface area (Å²) in [5, 5.41) is 8.71. The van der Waals surface area contributed by atoms with E-state index in [0.717, 1.165) is 24.2 Å². The lowest BCUT2D eigenvalue weighted by Crippen LogP contribution is -2.20. The second-order valence-electron chi connectivity index (χ2n) is 4.19. The van der Waals surface area contributed by atoms with E-state index in [-0.39, 0.29) is 11.2 Å². The lowest BCUT2D eigenvalue weighted by molar-refractivity contribution is -0.143. The number of rotatable bonds is 7. The average Bonchev–Trinajstić information content (AvgIpc) is 2.45. The second kappa shape index (κ2) is 8.60. The van der Waals surface area contributed by atoms with Crippen molar-refractivity contribution in [2.24, 2.45) is 0 Å². The summed E-state index contributed by atoms with van der Waals surface area (Å²) in [7, 11) is 0. The Hall–Kier alpha value is -1.47. The number of thioether (sulfide) groups is 1. The first-order valence-corrected chi connectivity index (χ1v) is 7.53. The second-order valence-corrected chi connectivity index (χ2v) is 5.38. The first-order valence-electron chi connectivity index (χ1n) is 6.48. The molecule has 0 aliphatic heterocycles. The lowest BCUT2D eigenvalue weighted by Gasteiger charge is -2.13. The standard InChI is InChI=1S/C15H19NO2S/c1-3-8-18-15(17)14(4-2)19-11-13-7-5-6-12(9-13)10-16/h5-7,9,14H,3-4,8,11H2,1-2H3. The molecule has 0 aliphatic rings. The number of nitriles is 1. The van der Waals surface area contributed by atoms with Gasteiger partial charge in [0, 0.05) is 5.75 Å². The van der Waals surface area contributed by atoms with Crippen molar-refractivity contribution in [1.29, 1.82) is 5.26 Å². The maximum Gasteiger partial charge on any atom is 0.319 e. The Morgan fingerprint density at radius 3 is 2.89 bits per heavy atom. The predicted octanol–water partition coefficient (Wildman–Crippen LogP) is 3.52. The Kier molecular flexibility index (Phi) is 7.06. The van der Waals surface area contributed by atoms with Crippen LogP contribution in [0.15, 0.2) is 24.3 Å². The van der Waals surface area contributed by atoms with Crippen molar-refractivity contribution in [2.75, 3.05) is 6.61 Å². The van der Waals surface area contributed by atoms with E-state index in [9.17, 15) is 4.79 Å². The van der Waals surface area contributed by atoms with Crippen molar-refractivity contribution < 1.29 is 9.53 Å². The van der Waals surface area contributed by atoms with Crippen molar-refractivity contribution in [1.82, 2.24) is 0 Å². The van der Waals surface area contributed by atoms with E-state index < -0.39 is 0 Å². The van der Waals surface area contributed by atoms with Crippen molar-refractivity contribution in [3.63, 3.8) is 0 Å². The number of hydrogen-bond donors (Lipinski definition) is 0. The maximum absolute atomic E-state index is 11.8. The van der Waals surface area contributed by atoms with E-state index in [1.165, 1.54) is 0 Å². The highest BCUT2D eigenvalue weighted by atomic mass is 32.2. The lowest BCUT2D eigenvalue weighted by atomic mass is 10.2. The Morgan fingerprint density at radius 1 is 1.47 bits per heavy atom. The third-order valence-electron chi connectivity index (χ3n) is 2.59. The van der Waals surface area contributed by atoms with Crippen molar-refractivity contribution in [3.05, 3.63) is 35.4 Å². The molecule has 0 N–H and O–H groups in total. The summed E-state index contributed by atoms with van der Waals surface area (Å²) in [6.07, 6.45) is 1.60. The van der Waals surface area contributed by atoms with E-state index in [1.54, 1.807) is 17.8 Å². The number of carbonyl (C=O) groups is 1. The van der Waals surface area contributed by atoms with E-state index in [2.05, 4.69) is 6.07 Å². The van der Waals surface area contributed by atoms with Gasteiger partial charge < -0.3 is 4.74 Å². The fraction of sp³-hybridized carbons (Fsp3) is 0.467. The van der Waals surface area contributed by atoms with Gasteiger partial charge in [0.15, 0.2) is 0 Å². The molecule has 1 rings (SSSR count). The summed E-state index contributed by atoms with van der Waals surface area (Å²) < 4.78 is 5.17. The molecule has 0 radical (unpaired) electrons. The minimum Gasteiger partial charge on any atom is -0.465 e. The van der Waals surface area contributed by atoms with Gasteiger partial charge in [-0.2, -0.15) is 5.26 Å². The molecule has 0 saturated heterocycles. The molecule has 3 nitrogen and oxygen atoms in total. The van der Waals surface area contributed by atoms with E-state index >= 15 is 0 Å². The molecule has 4 heteroatoms. The topological polar surface area (TPSA) is 50.1 Å². The van der Waals surface area contributed by atoms with Gasteiger partial charge in [-0.25, -0.2) is 0 Å². The van der Waals surface area contributed by atoms with Crippen LogP contribution in [0.5, 0.6) is 0 Å². The van der Waals surface area contributed by atoms with Crippen LogP contribution in [0.4, 0.5) is 0 Å². The van der Waals surface area contributed by atoms with E-state index in [1.807, 2.05) is 32.0 Å². The third-order valence-corrected chi connectivity index (χ3v) is 4.02. The Balaban J connectivity index is 2.53. The zero-order valence-electron chi connectivity index (χ0n) is 11.4. The molecule has 1 atom stereocenters. The smallest absolute Gasteiger partial charge is 0.319 e. The molecule has 0 aromatic heterocycles. The molecule has 1 aromatic rings. The number of hydrogen-bond acceptors (Lipinski definition) is 4.